The summed E-state index contributed by atoms with van der Waals surface area (Å²) in [4.78, 5) is 20.9. The van der Waals surface area contributed by atoms with Gasteiger partial charge in [0.2, 0.25) is 5.91 Å². The van der Waals surface area contributed by atoms with Crippen LogP contribution in [-0.4, -0.2) is 15.9 Å². The number of amides is 1. The summed E-state index contributed by atoms with van der Waals surface area (Å²) in [5.74, 6) is -2.10. The van der Waals surface area contributed by atoms with Gasteiger partial charge in [0.1, 0.15) is 17.5 Å². The predicted octanol–water partition coefficient (Wildman–Crippen LogP) is 6.60. The van der Waals surface area contributed by atoms with E-state index in [-0.39, 0.29) is 18.7 Å². The molecule has 1 amide bonds. The van der Waals surface area contributed by atoms with Crippen molar-refractivity contribution in [2.45, 2.75) is 25.8 Å². The van der Waals surface area contributed by atoms with Crippen molar-refractivity contribution in [3.05, 3.63) is 125 Å². The first-order valence-electron chi connectivity index (χ1n) is 11.9. The van der Waals surface area contributed by atoms with Gasteiger partial charge < -0.3 is 10.3 Å². The fraction of sp³-hybridized carbons (Fsp3) is 0.133. The Hall–Kier alpha value is -4.39. The van der Waals surface area contributed by atoms with Crippen LogP contribution >= 0.6 is 0 Å². The Kier molecular flexibility index (Phi) is 6.77. The van der Waals surface area contributed by atoms with Crippen LogP contribution in [0.2, 0.25) is 0 Å². The van der Waals surface area contributed by atoms with Crippen molar-refractivity contribution in [1.29, 1.82) is 0 Å². The first kappa shape index (κ1) is 24.3. The normalized spacial score (nSPS) is 12.0. The van der Waals surface area contributed by atoms with Crippen LogP contribution < -0.4 is 5.32 Å². The molecule has 37 heavy (non-hydrogen) atoms. The van der Waals surface area contributed by atoms with Gasteiger partial charge in [0, 0.05) is 34.9 Å². The second-order valence-corrected chi connectivity index (χ2v) is 9.03. The van der Waals surface area contributed by atoms with Crippen molar-refractivity contribution < 1.29 is 18.0 Å². The standard InChI is InChI=1S/C30H24F3N3O/c1-18-5-2-3-6-24(18)25-7-4-10-34-30(25)28(13-19-11-22(32)15-23(33)12-19)36-29(37)14-20-17-35-27-9-8-21(31)16-26(20)27/h2-12,15-17,28,35H,13-14H2,1H3,(H,36,37). The maximum absolute atomic E-state index is 14.0. The molecule has 186 valence electrons. The highest BCUT2D eigenvalue weighted by Crippen LogP contribution is 2.31. The van der Waals surface area contributed by atoms with Crippen LogP contribution in [-0.2, 0) is 17.6 Å². The summed E-state index contributed by atoms with van der Waals surface area (Å²) >= 11 is 0. The number of benzene rings is 3. The minimum absolute atomic E-state index is 0.00992. The summed E-state index contributed by atoms with van der Waals surface area (Å²) in [7, 11) is 0. The Morgan fingerprint density at radius 2 is 1.68 bits per heavy atom. The Morgan fingerprint density at radius 3 is 2.46 bits per heavy atom. The van der Waals surface area contributed by atoms with Crippen LogP contribution in [0.1, 0.15) is 28.4 Å². The van der Waals surface area contributed by atoms with Crippen molar-refractivity contribution in [1.82, 2.24) is 15.3 Å². The molecule has 0 radical (unpaired) electrons. The van der Waals surface area contributed by atoms with E-state index < -0.39 is 23.5 Å². The summed E-state index contributed by atoms with van der Waals surface area (Å²) in [5, 5.41) is 3.64. The van der Waals surface area contributed by atoms with Gasteiger partial charge >= 0.3 is 0 Å². The van der Waals surface area contributed by atoms with Crippen LogP contribution in [0.5, 0.6) is 0 Å². The SMILES string of the molecule is Cc1ccccc1-c1cccnc1C(Cc1cc(F)cc(F)c1)NC(=O)Cc1c[nH]c2ccc(F)cc12. The van der Waals surface area contributed by atoms with Gasteiger partial charge in [0.05, 0.1) is 18.2 Å². The maximum atomic E-state index is 14.0. The zero-order valence-electron chi connectivity index (χ0n) is 20.1. The molecule has 0 spiro atoms. The predicted molar refractivity (Wildman–Crippen MR) is 137 cm³/mol. The summed E-state index contributed by atoms with van der Waals surface area (Å²) in [6.45, 7) is 1.98. The topological polar surface area (TPSA) is 57.8 Å². The van der Waals surface area contributed by atoms with Gasteiger partial charge in [0.15, 0.2) is 0 Å². The Bertz CT molecular complexity index is 1570. The smallest absolute Gasteiger partial charge is 0.225 e. The molecule has 0 fully saturated rings. The molecule has 2 N–H and O–H groups in total. The zero-order valence-corrected chi connectivity index (χ0v) is 20.1. The molecule has 0 aliphatic heterocycles. The minimum atomic E-state index is -0.693. The molecule has 1 unspecified atom stereocenters. The van der Waals surface area contributed by atoms with E-state index in [0.717, 1.165) is 28.3 Å². The average Bonchev–Trinajstić information content (AvgIpc) is 3.25. The van der Waals surface area contributed by atoms with E-state index in [1.165, 1.54) is 24.3 Å². The van der Waals surface area contributed by atoms with Crippen molar-refractivity contribution in [2.75, 3.05) is 0 Å². The van der Waals surface area contributed by atoms with Crippen LogP contribution in [0.25, 0.3) is 22.0 Å². The number of aromatic nitrogens is 2. The molecule has 5 aromatic rings. The van der Waals surface area contributed by atoms with Gasteiger partial charge in [-0.3, -0.25) is 9.78 Å². The number of rotatable bonds is 7. The van der Waals surface area contributed by atoms with E-state index in [1.54, 1.807) is 18.5 Å². The average molecular weight is 500 g/mol. The number of nitrogens with one attached hydrogen (secondary N) is 2. The third-order valence-corrected chi connectivity index (χ3v) is 6.38. The van der Waals surface area contributed by atoms with E-state index in [1.807, 2.05) is 43.3 Å². The lowest BCUT2D eigenvalue weighted by Gasteiger charge is -2.22. The lowest BCUT2D eigenvalue weighted by Crippen LogP contribution is -2.32. The summed E-state index contributed by atoms with van der Waals surface area (Å²) in [6, 6.07) is 18.5. The molecule has 0 saturated carbocycles. The Morgan fingerprint density at radius 1 is 0.919 bits per heavy atom. The number of carbonyl (C=O) groups excluding carboxylic acids is 1. The number of nitrogens with zero attached hydrogens (tertiary/aromatic N) is 1. The van der Waals surface area contributed by atoms with Crippen molar-refractivity contribution in [3.63, 3.8) is 0 Å². The number of carbonyl (C=O) groups is 1. The van der Waals surface area contributed by atoms with Gasteiger partial charge in [-0.05, 0) is 72.0 Å². The van der Waals surface area contributed by atoms with Crippen molar-refractivity contribution in [2.24, 2.45) is 0 Å². The molecular weight excluding hydrogens is 475 g/mol. The maximum Gasteiger partial charge on any atom is 0.225 e. The lowest BCUT2D eigenvalue weighted by atomic mass is 9.93. The second-order valence-electron chi connectivity index (χ2n) is 9.03. The van der Waals surface area contributed by atoms with E-state index in [0.29, 0.717) is 22.2 Å². The van der Waals surface area contributed by atoms with Gasteiger partial charge in [0.25, 0.3) is 0 Å². The Balaban J connectivity index is 1.51. The number of aryl methyl sites for hydroxylation is 1. The van der Waals surface area contributed by atoms with E-state index >= 15 is 0 Å². The fourth-order valence-electron chi connectivity index (χ4n) is 4.69. The van der Waals surface area contributed by atoms with Gasteiger partial charge in [-0.25, -0.2) is 13.2 Å². The summed E-state index contributed by atoms with van der Waals surface area (Å²) in [6.07, 6.45) is 3.42. The van der Waals surface area contributed by atoms with E-state index in [4.69, 9.17) is 0 Å². The van der Waals surface area contributed by atoms with E-state index in [9.17, 15) is 18.0 Å². The highest BCUT2D eigenvalue weighted by Gasteiger charge is 2.22. The first-order chi connectivity index (χ1) is 17.9. The molecule has 0 bridgehead atoms. The number of H-pyrrole nitrogens is 1. The number of hydrogen-bond acceptors (Lipinski definition) is 2. The largest absolute Gasteiger partial charge is 0.361 e. The molecule has 0 aliphatic carbocycles. The molecule has 2 heterocycles. The molecule has 3 aromatic carbocycles. The molecule has 1 atom stereocenters. The monoisotopic (exact) mass is 499 g/mol. The lowest BCUT2D eigenvalue weighted by molar-refractivity contribution is -0.121. The quantitative estimate of drug-likeness (QED) is 0.265. The number of halogens is 3. The van der Waals surface area contributed by atoms with Crippen LogP contribution in [0.15, 0.2) is 85.2 Å². The van der Waals surface area contributed by atoms with Crippen LogP contribution in [0.4, 0.5) is 13.2 Å². The zero-order chi connectivity index (χ0) is 25.9. The molecule has 5 rings (SSSR count). The second kappa shape index (κ2) is 10.3. The third-order valence-electron chi connectivity index (χ3n) is 6.38. The third kappa shape index (κ3) is 5.40. The molecule has 4 nitrogen and oxygen atoms in total. The Labute approximate surface area is 212 Å². The van der Waals surface area contributed by atoms with Gasteiger partial charge in [-0.15, -0.1) is 0 Å². The minimum Gasteiger partial charge on any atom is -0.361 e. The molecule has 2 aromatic heterocycles. The van der Waals surface area contributed by atoms with E-state index in [2.05, 4.69) is 15.3 Å². The van der Waals surface area contributed by atoms with Crippen LogP contribution in [0, 0.1) is 24.4 Å². The van der Waals surface area contributed by atoms with Crippen LogP contribution in [0.3, 0.4) is 0 Å². The number of fused-ring (bicyclic) bond motifs is 1. The van der Waals surface area contributed by atoms with Crippen molar-refractivity contribution >= 4 is 16.8 Å². The molecule has 7 heteroatoms. The molecule has 0 aliphatic rings. The highest BCUT2D eigenvalue weighted by molar-refractivity contribution is 5.89. The van der Waals surface area contributed by atoms with Gasteiger partial charge in [-0.2, -0.15) is 0 Å². The summed E-state index contributed by atoms with van der Waals surface area (Å²) < 4.78 is 41.8. The highest BCUT2D eigenvalue weighted by atomic mass is 19.1. The summed E-state index contributed by atoms with van der Waals surface area (Å²) in [5.41, 5.74) is 5.13. The van der Waals surface area contributed by atoms with Gasteiger partial charge in [-0.1, -0.05) is 30.3 Å². The number of pyridine rings is 1. The number of aromatic amines is 1. The number of hydrogen-bond donors (Lipinski definition) is 2. The van der Waals surface area contributed by atoms with Crippen molar-refractivity contribution in [3.8, 4) is 11.1 Å². The molecular formula is C30H24F3N3O. The fourth-order valence-corrected chi connectivity index (χ4v) is 4.69. The molecule has 0 saturated heterocycles. The first-order valence-corrected chi connectivity index (χ1v) is 11.9.